The predicted molar refractivity (Wildman–Crippen MR) is 77.0 cm³/mol. The number of ether oxygens (including phenoxy) is 2. The first-order valence-corrected chi connectivity index (χ1v) is 6.41. The van der Waals surface area contributed by atoms with Crippen molar-refractivity contribution in [1.82, 2.24) is 5.32 Å². The minimum atomic E-state index is 0.318. The van der Waals surface area contributed by atoms with Crippen molar-refractivity contribution >= 4 is 0 Å². The van der Waals surface area contributed by atoms with E-state index in [-0.39, 0.29) is 0 Å². The van der Waals surface area contributed by atoms with Gasteiger partial charge >= 0.3 is 0 Å². The van der Waals surface area contributed by atoms with E-state index in [1.54, 1.807) is 0 Å². The Balaban J connectivity index is 1.99. The fourth-order valence-electron chi connectivity index (χ4n) is 1.56. The van der Waals surface area contributed by atoms with Gasteiger partial charge in [0.1, 0.15) is 23.9 Å². The summed E-state index contributed by atoms with van der Waals surface area (Å²) in [7, 11) is 1.92. The van der Waals surface area contributed by atoms with Crippen molar-refractivity contribution in [1.29, 1.82) is 0 Å². The van der Waals surface area contributed by atoms with Gasteiger partial charge in [0, 0.05) is 12.1 Å². The predicted octanol–water partition coefficient (Wildman–Crippen LogP) is 3.47. The summed E-state index contributed by atoms with van der Waals surface area (Å²) in [5.74, 6) is 2.42. The largest absolute Gasteiger partial charge is 0.492 e. The molecule has 0 fully saturated rings. The van der Waals surface area contributed by atoms with Gasteiger partial charge in [-0.25, -0.2) is 0 Å². The molecular formula is C16H19NO2. The van der Waals surface area contributed by atoms with Gasteiger partial charge in [-0.3, -0.25) is 0 Å². The molecular weight excluding hydrogens is 238 g/mol. The van der Waals surface area contributed by atoms with E-state index in [1.807, 2.05) is 61.6 Å². The molecule has 1 unspecified atom stereocenters. The molecule has 0 aliphatic carbocycles. The molecule has 19 heavy (non-hydrogen) atoms. The summed E-state index contributed by atoms with van der Waals surface area (Å²) in [4.78, 5) is 0. The van der Waals surface area contributed by atoms with E-state index in [0.717, 1.165) is 17.2 Å². The van der Waals surface area contributed by atoms with Crippen LogP contribution in [-0.2, 0) is 0 Å². The van der Waals surface area contributed by atoms with E-state index in [0.29, 0.717) is 12.6 Å². The topological polar surface area (TPSA) is 30.5 Å². The van der Waals surface area contributed by atoms with E-state index in [9.17, 15) is 0 Å². The Morgan fingerprint density at radius 1 is 0.947 bits per heavy atom. The van der Waals surface area contributed by atoms with Crippen LogP contribution in [0.3, 0.4) is 0 Å². The highest BCUT2D eigenvalue weighted by atomic mass is 16.5. The van der Waals surface area contributed by atoms with Crippen LogP contribution in [0.1, 0.15) is 6.92 Å². The second-order valence-electron chi connectivity index (χ2n) is 4.39. The van der Waals surface area contributed by atoms with E-state index in [4.69, 9.17) is 9.47 Å². The molecule has 3 nitrogen and oxygen atoms in total. The van der Waals surface area contributed by atoms with E-state index >= 15 is 0 Å². The molecule has 2 aromatic carbocycles. The molecule has 1 atom stereocenters. The summed E-state index contributed by atoms with van der Waals surface area (Å²) in [6, 6.07) is 17.7. The van der Waals surface area contributed by atoms with Crippen LogP contribution in [0.2, 0.25) is 0 Å². The molecule has 100 valence electrons. The SMILES string of the molecule is CNC(C)COc1cccc(Oc2ccccc2)c1. The van der Waals surface area contributed by atoms with Crippen molar-refractivity contribution in [3.05, 3.63) is 54.6 Å². The summed E-state index contributed by atoms with van der Waals surface area (Å²) in [6.07, 6.45) is 0. The zero-order valence-corrected chi connectivity index (χ0v) is 11.3. The van der Waals surface area contributed by atoms with Gasteiger partial charge in [0.2, 0.25) is 0 Å². The van der Waals surface area contributed by atoms with E-state index in [1.165, 1.54) is 0 Å². The van der Waals surface area contributed by atoms with Crippen LogP contribution in [0, 0.1) is 0 Å². The fraction of sp³-hybridized carbons (Fsp3) is 0.250. The Labute approximate surface area is 114 Å². The summed E-state index contributed by atoms with van der Waals surface area (Å²) in [5, 5.41) is 3.13. The number of para-hydroxylation sites is 1. The zero-order valence-electron chi connectivity index (χ0n) is 11.3. The maximum atomic E-state index is 5.76. The normalized spacial score (nSPS) is 11.9. The Hall–Kier alpha value is -2.00. The number of hydrogen-bond acceptors (Lipinski definition) is 3. The lowest BCUT2D eigenvalue weighted by Gasteiger charge is -2.13. The van der Waals surface area contributed by atoms with Crippen LogP contribution in [0.4, 0.5) is 0 Å². The van der Waals surface area contributed by atoms with E-state index < -0.39 is 0 Å². The minimum absolute atomic E-state index is 0.318. The maximum Gasteiger partial charge on any atom is 0.131 e. The summed E-state index contributed by atoms with van der Waals surface area (Å²) in [6.45, 7) is 2.70. The monoisotopic (exact) mass is 257 g/mol. The van der Waals surface area contributed by atoms with Crippen molar-refractivity contribution in [2.75, 3.05) is 13.7 Å². The number of benzene rings is 2. The Morgan fingerprint density at radius 3 is 2.37 bits per heavy atom. The molecule has 3 heteroatoms. The molecule has 1 N–H and O–H groups in total. The molecule has 0 saturated carbocycles. The first-order valence-electron chi connectivity index (χ1n) is 6.41. The highest BCUT2D eigenvalue weighted by Crippen LogP contribution is 2.24. The molecule has 0 spiro atoms. The highest BCUT2D eigenvalue weighted by Gasteiger charge is 2.02. The first-order chi connectivity index (χ1) is 9.28. The Morgan fingerprint density at radius 2 is 1.63 bits per heavy atom. The number of likely N-dealkylation sites (N-methyl/N-ethyl adjacent to an activating group) is 1. The van der Waals surface area contributed by atoms with Crippen molar-refractivity contribution < 1.29 is 9.47 Å². The molecule has 2 aromatic rings. The Kier molecular flexibility index (Phi) is 4.81. The van der Waals surface area contributed by atoms with Crippen molar-refractivity contribution in [3.8, 4) is 17.2 Å². The number of rotatable bonds is 6. The van der Waals surface area contributed by atoms with Crippen LogP contribution in [0.15, 0.2) is 54.6 Å². The lowest BCUT2D eigenvalue weighted by molar-refractivity contribution is 0.279. The fourth-order valence-corrected chi connectivity index (χ4v) is 1.56. The lowest BCUT2D eigenvalue weighted by Crippen LogP contribution is -2.28. The number of nitrogens with one attached hydrogen (secondary N) is 1. The average molecular weight is 257 g/mol. The second-order valence-corrected chi connectivity index (χ2v) is 4.39. The van der Waals surface area contributed by atoms with Crippen LogP contribution in [-0.4, -0.2) is 19.7 Å². The first kappa shape index (κ1) is 13.4. The van der Waals surface area contributed by atoms with Gasteiger partial charge < -0.3 is 14.8 Å². The number of hydrogen-bond donors (Lipinski definition) is 1. The smallest absolute Gasteiger partial charge is 0.131 e. The molecule has 2 rings (SSSR count). The average Bonchev–Trinajstić information content (AvgIpc) is 2.46. The minimum Gasteiger partial charge on any atom is -0.492 e. The third-order valence-electron chi connectivity index (χ3n) is 2.78. The van der Waals surface area contributed by atoms with Gasteiger partial charge in [0.15, 0.2) is 0 Å². The molecule has 0 aromatic heterocycles. The second kappa shape index (κ2) is 6.81. The molecule has 0 heterocycles. The summed E-state index contributed by atoms with van der Waals surface area (Å²) >= 11 is 0. The highest BCUT2D eigenvalue weighted by molar-refractivity contribution is 5.36. The summed E-state index contributed by atoms with van der Waals surface area (Å²) < 4.78 is 11.5. The van der Waals surface area contributed by atoms with Gasteiger partial charge in [0.05, 0.1) is 0 Å². The van der Waals surface area contributed by atoms with Gasteiger partial charge in [-0.1, -0.05) is 24.3 Å². The lowest BCUT2D eigenvalue weighted by atomic mass is 10.3. The van der Waals surface area contributed by atoms with Gasteiger partial charge in [0.25, 0.3) is 0 Å². The van der Waals surface area contributed by atoms with Crippen LogP contribution >= 0.6 is 0 Å². The maximum absolute atomic E-state index is 5.76. The molecule has 0 aliphatic heterocycles. The van der Waals surface area contributed by atoms with Gasteiger partial charge in [-0.15, -0.1) is 0 Å². The summed E-state index contributed by atoms with van der Waals surface area (Å²) in [5.41, 5.74) is 0. The van der Waals surface area contributed by atoms with Crippen molar-refractivity contribution in [2.45, 2.75) is 13.0 Å². The molecule has 0 radical (unpaired) electrons. The van der Waals surface area contributed by atoms with E-state index in [2.05, 4.69) is 12.2 Å². The molecule has 0 bridgehead atoms. The standard InChI is InChI=1S/C16H19NO2/c1-13(17-2)12-18-15-9-6-10-16(11-15)19-14-7-4-3-5-8-14/h3-11,13,17H,12H2,1-2H3. The van der Waals surface area contributed by atoms with Gasteiger partial charge in [-0.2, -0.15) is 0 Å². The Bertz CT molecular complexity index is 499. The zero-order chi connectivity index (χ0) is 13.5. The van der Waals surface area contributed by atoms with Crippen molar-refractivity contribution in [3.63, 3.8) is 0 Å². The third-order valence-corrected chi connectivity index (χ3v) is 2.78. The third kappa shape index (κ3) is 4.30. The molecule has 0 amide bonds. The van der Waals surface area contributed by atoms with Crippen LogP contribution in [0.25, 0.3) is 0 Å². The van der Waals surface area contributed by atoms with Crippen molar-refractivity contribution in [2.24, 2.45) is 0 Å². The molecule has 0 aliphatic rings. The van der Waals surface area contributed by atoms with Crippen LogP contribution < -0.4 is 14.8 Å². The van der Waals surface area contributed by atoms with Crippen LogP contribution in [0.5, 0.6) is 17.2 Å². The quantitative estimate of drug-likeness (QED) is 0.859. The van der Waals surface area contributed by atoms with Gasteiger partial charge in [-0.05, 0) is 38.2 Å². The molecule has 0 saturated heterocycles.